The summed E-state index contributed by atoms with van der Waals surface area (Å²) < 4.78 is 55.9. The first-order chi connectivity index (χ1) is 25.5. The zero-order chi connectivity index (χ0) is 38.9. The van der Waals surface area contributed by atoms with E-state index in [1.807, 2.05) is 0 Å². The molecule has 1 aliphatic rings. The van der Waals surface area contributed by atoms with Crippen LogP contribution in [0.4, 0.5) is 8.78 Å². The second-order valence-corrected chi connectivity index (χ2v) is 17.8. The largest absolute Gasteiger partial charge is 0.394 e. The average Bonchev–Trinajstić information content (AvgIpc) is 3.13. The predicted molar refractivity (Wildman–Crippen MR) is 208 cm³/mol. The van der Waals surface area contributed by atoms with E-state index in [0.29, 0.717) is 12.2 Å². The van der Waals surface area contributed by atoms with Gasteiger partial charge in [0.2, 0.25) is 0 Å². The number of hydrogen-bond donors (Lipinski definition) is 5. The molecule has 9 nitrogen and oxygen atoms in total. The molecule has 1 fully saturated rings. The van der Waals surface area contributed by atoms with Crippen molar-refractivity contribution in [2.75, 3.05) is 25.2 Å². The number of aryl methyl sites for hydroxylation is 1. The minimum Gasteiger partial charge on any atom is -0.394 e. The maximum absolute atomic E-state index is 13.6. The Labute approximate surface area is 319 Å². The molecule has 0 aliphatic carbocycles. The van der Waals surface area contributed by atoms with Gasteiger partial charge in [0.05, 0.1) is 19.3 Å². The summed E-state index contributed by atoms with van der Waals surface area (Å²) >= 11 is 0. The van der Waals surface area contributed by atoms with Crippen molar-refractivity contribution >= 4 is 9.73 Å². The molecule has 53 heavy (non-hydrogen) atoms. The number of aliphatic hydroxyl groups excluding tert-OH is 5. The Morgan fingerprint density at radius 3 is 1.83 bits per heavy atom. The molecule has 1 heterocycles. The highest BCUT2D eigenvalue weighted by Gasteiger charge is 2.44. The fraction of sp³-hybridized carbons (Fsp3) is 0.854. The second kappa shape index (κ2) is 28.2. The van der Waals surface area contributed by atoms with Gasteiger partial charge in [-0.15, -0.1) is 0 Å². The lowest BCUT2D eigenvalue weighted by molar-refractivity contribution is -0.302. The maximum Gasteiger partial charge on any atom is 0.186 e. The van der Waals surface area contributed by atoms with Crippen molar-refractivity contribution in [3.8, 4) is 0 Å². The van der Waals surface area contributed by atoms with Gasteiger partial charge >= 0.3 is 0 Å². The Balaban J connectivity index is 1.76. The number of benzene rings is 1. The van der Waals surface area contributed by atoms with Gasteiger partial charge in [-0.25, -0.2) is 13.1 Å². The molecular formula is C41H73F2NO8S. The molecule has 0 saturated carbocycles. The summed E-state index contributed by atoms with van der Waals surface area (Å²) in [6.07, 6.45) is 18.3. The van der Waals surface area contributed by atoms with E-state index >= 15 is 0 Å². The number of hydrogen-bond acceptors (Lipinski definition) is 9. The van der Waals surface area contributed by atoms with E-state index in [0.717, 1.165) is 82.6 Å². The fourth-order valence-electron chi connectivity index (χ4n) is 6.97. The molecule has 0 bridgehead atoms. The van der Waals surface area contributed by atoms with E-state index in [1.165, 1.54) is 76.3 Å². The topological polar surface area (TPSA) is 149 Å². The molecule has 2 rings (SSSR count). The van der Waals surface area contributed by atoms with Crippen LogP contribution in [0.25, 0.3) is 0 Å². The van der Waals surface area contributed by atoms with E-state index in [9.17, 15) is 38.5 Å². The number of nitrogens with zero attached hydrogens (tertiary/aromatic N) is 1. The molecule has 0 amide bonds. The predicted octanol–water partition coefficient (Wildman–Crippen LogP) is 7.75. The SMILES string of the molecule is CCCCCCCCCCCCCCC[C@@H](O)[C@H](COC1OC(CO)C(O)C(O)C1O)N=S(C)(=O)CCCCCCCCCCc1ccc(F)c(F)c1. The van der Waals surface area contributed by atoms with Crippen LogP contribution in [0.1, 0.15) is 154 Å². The summed E-state index contributed by atoms with van der Waals surface area (Å²) in [5, 5.41) is 51.5. The number of rotatable bonds is 31. The lowest BCUT2D eigenvalue weighted by atomic mass is 9.99. The highest BCUT2D eigenvalue weighted by molar-refractivity contribution is 7.92. The van der Waals surface area contributed by atoms with Crippen molar-refractivity contribution in [3.63, 3.8) is 0 Å². The molecule has 0 aromatic heterocycles. The van der Waals surface area contributed by atoms with Crippen LogP contribution >= 0.6 is 0 Å². The minimum atomic E-state index is -2.67. The van der Waals surface area contributed by atoms with Crippen molar-refractivity contribution in [1.82, 2.24) is 0 Å². The molecule has 0 radical (unpaired) electrons. The number of aliphatic hydroxyl groups is 5. The third-order valence-electron chi connectivity index (χ3n) is 10.4. The van der Waals surface area contributed by atoms with E-state index in [1.54, 1.807) is 12.3 Å². The summed E-state index contributed by atoms with van der Waals surface area (Å²) in [5.74, 6) is -1.24. The Morgan fingerprint density at radius 1 is 0.755 bits per heavy atom. The normalized spacial score (nSPS) is 22.8. The number of unbranched alkanes of at least 4 members (excludes halogenated alkanes) is 19. The summed E-state index contributed by atoms with van der Waals surface area (Å²) in [4.78, 5) is 0. The second-order valence-electron chi connectivity index (χ2n) is 15.3. The first kappa shape index (κ1) is 47.9. The highest BCUT2D eigenvalue weighted by Crippen LogP contribution is 2.24. The van der Waals surface area contributed by atoms with Crippen molar-refractivity contribution in [2.24, 2.45) is 4.36 Å². The molecule has 8 atom stereocenters. The van der Waals surface area contributed by atoms with Crippen LogP contribution in [0, 0.1) is 11.6 Å². The Hall–Kier alpha value is -1.25. The van der Waals surface area contributed by atoms with Crippen LogP contribution in [0.5, 0.6) is 0 Å². The van der Waals surface area contributed by atoms with Gasteiger partial charge in [0.1, 0.15) is 30.5 Å². The van der Waals surface area contributed by atoms with Gasteiger partial charge in [-0.2, -0.15) is 0 Å². The Morgan fingerprint density at radius 2 is 1.28 bits per heavy atom. The Kier molecular flexibility index (Phi) is 25.5. The van der Waals surface area contributed by atoms with E-state index in [-0.39, 0.29) is 6.61 Å². The van der Waals surface area contributed by atoms with Gasteiger partial charge in [-0.05, 0) is 43.4 Å². The number of ether oxygens (including phenoxy) is 2. The van der Waals surface area contributed by atoms with E-state index < -0.39 is 70.8 Å². The molecule has 0 spiro atoms. The molecule has 6 unspecified atom stereocenters. The molecule has 310 valence electrons. The Bertz CT molecular complexity index is 1200. The summed E-state index contributed by atoms with van der Waals surface area (Å²) in [7, 11) is -2.67. The molecule has 1 saturated heterocycles. The van der Waals surface area contributed by atoms with Crippen LogP contribution < -0.4 is 0 Å². The van der Waals surface area contributed by atoms with Gasteiger partial charge in [-0.1, -0.05) is 135 Å². The van der Waals surface area contributed by atoms with Crippen LogP contribution in [0.15, 0.2) is 22.6 Å². The van der Waals surface area contributed by atoms with E-state index in [2.05, 4.69) is 11.3 Å². The quantitative estimate of drug-likeness (QED) is 0.0481. The summed E-state index contributed by atoms with van der Waals surface area (Å²) in [6, 6.07) is 3.23. The van der Waals surface area contributed by atoms with Crippen LogP contribution in [0.2, 0.25) is 0 Å². The summed E-state index contributed by atoms with van der Waals surface area (Å²) in [6.45, 7) is 1.45. The first-order valence-electron chi connectivity index (χ1n) is 20.7. The third-order valence-corrected chi connectivity index (χ3v) is 12.2. The van der Waals surface area contributed by atoms with Gasteiger partial charge in [0.25, 0.3) is 0 Å². The summed E-state index contributed by atoms with van der Waals surface area (Å²) in [5.41, 5.74) is 0.812. The first-order valence-corrected chi connectivity index (χ1v) is 22.8. The van der Waals surface area contributed by atoms with Gasteiger partial charge in [0, 0.05) is 21.7 Å². The molecule has 1 aromatic rings. The maximum atomic E-state index is 13.6. The van der Waals surface area contributed by atoms with Gasteiger partial charge < -0.3 is 35.0 Å². The minimum absolute atomic E-state index is 0.205. The molecule has 1 aromatic carbocycles. The fourth-order valence-corrected chi connectivity index (χ4v) is 8.59. The van der Waals surface area contributed by atoms with Crippen molar-refractivity contribution < 1.29 is 48.0 Å². The van der Waals surface area contributed by atoms with Crippen LogP contribution in [-0.2, 0) is 25.6 Å². The van der Waals surface area contributed by atoms with Crippen LogP contribution in [0.3, 0.4) is 0 Å². The van der Waals surface area contributed by atoms with Crippen molar-refractivity contribution in [3.05, 3.63) is 35.4 Å². The molecule has 1 aliphatic heterocycles. The van der Waals surface area contributed by atoms with Crippen molar-refractivity contribution in [2.45, 2.75) is 197 Å². The van der Waals surface area contributed by atoms with Gasteiger partial charge in [-0.3, -0.25) is 4.21 Å². The zero-order valence-corrected chi connectivity index (χ0v) is 33.5. The van der Waals surface area contributed by atoms with Gasteiger partial charge in [0.15, 0.2) is 17.9 Å². The lowest BCUT2D eigenvalue weighted by Gasteiger charge is -2.40. The van der Waals surface area contributed by atoms with E-state index in [4.69, 9.17) is 9.47 Å². The highest BCUT2D eigenvalue weighted by atomic mass is 32.2. The third kappa shape index (κ3) is 20.5. The smallest absolute Gasteiger partial charge is 0.186 e. The lowest BCUT2D eigenvalue weighted by Crippen LogP contribution is -2.59. The zero-order valence-electron chi connectivity index (χ0n) is 32.7. The number of halogens is 2. The van der Waals surface area contributed by atoms with Crippen LogP contribution in [-0.4, -0.2) is 97.8 Å². The standard InChI is InChI=1S/C41H73F2NO8S/c1-3-4-5-6-7-8-9-10-11-12-16-19-22-25-36(46)35(31-51-41-40(49)39(48)38(47)37(30-45)52-41)44-53(2,50)28-23-20-17-14-13-15-18-21-24-32-26-27-33(42)34(43)29-32/h26-27,29,35-41,45-49H,3-25,28,30-31H2,1-2H3/t35-,36+,37?,38?,39?,40?,41?,53?/m0/s1. The monoisotopic (exact) mass is 778 g/mol. The van der Waals surface area contributed by atoms with Crippen molar-refractivity contribution in [1.29, 1.82) is 0 Å². The molecule has 12 heteroatoms. The molecule has 5 N–H and O–H groups in total. The molecular weight excluding hydrogens is 705 g/mol. The average molecular weight is 778 g/mol.